The Bertz CT molecular complexity index is 780. The predicted molar refractivity (Wildman–Crippen MR) is 99.9 cm³/mol. The van der Waals surface area contributed by atoms with Gasteiger partial charge in [0.25, 0.3) is 0 Å². The van der Waals surface area contributed by atoms with Gasteiger partial charge in [0.1, 0.15) is 11.4 Å². The molecule has 0 unspecified atom stereocenters. The number of carbonyl (C=O) groups excluding carboxylic acids is 1. The number of halogens is 3. The summed E-state index contributed by atoms with van der Waals surface area (Å²) < 4.78 is 74.8. The molecule has 1 aromatic carbocycles. The number of benzene rings is 1. The van der Waals surface area contributed by atoms with Crippen LogP contribution in [0.15, 0.2) is 42.2 Å². The van der Waals surface area contributed by atoms with E-state index >= 15 is 0 Å². The highest BCUT2D eigenvalue weighted by molar-refractivity contribution is 7.87. The fourth-order valence-corrected chi connectivity index (χ4v) is 2.56. The lowest BCUT2D eigenvalue weighted by Crippen LogP contribution is -2.26. The molecule has 0 heterocycles. The smallest absolute Gasteiger partial charge is 0.457 e. The Labute approximate surface area is 168 Å². The summed E-state index contributed by atoms with van der Waals surface area (Å²) in [7, 11) is -5.88. The molecule has 0 saturated carbocycles. The minimum atomic E-state index is -5.88. The van der Waals surface area contributed by atoms with E-state index in [0.29, 0.717) is 25.7 Å². The number of allylic oxidation sites excluding steroid dienone is 1. The van der Waals surface area contributed by atoms with E-state index in [-0.39, 0.29) is 12.8 Å². The second kappa shape index (κ2) is 10.6. The highest BCUT2D eigenvalue weighted by Crippen LogP contribution is 2.28. The van der Waals surface area contributed by atoms with Crippen LogP contribution in [0.1, 0.15) is 45.6 Å². The third kappa shape index (κ3) is 10.3. The summed E-state index contributed by atoms with van der Waals surface area (Å²) in [6, 6.07) is 9.38. The number of hydrogen-bond acceptors (Lipinski definition) is 6. The van der Waals surface area contributed by atoms with Crippen LogP contribution in [-0.2, 0) is 35.2 Å². The summed E-state index contributed by atoms with van der Waals surface area (Å²) in [6.45, 7) is 5.38. The molecule has 29 heavy (non-hydrogen) atoms. The number of ether oxygens (including phenoxy) is 2. The lowest BCUT2D eigenvalue weighted by molar-refractivity contribution is -0.148. The van der Waals surface area contributed by atoms with Crippen molar-refractivity contribution >= 4 is 16.1 Å². The lowest BCUT2D eigenvalue weighted by Gasteiger charge is -2.19. The van der Waals surface area contributed by atoms with Crippen molar-refractivity contribution in [2.45, 2.75) is 57.7 Å². The molecule has 0 aromatic heterocycles. The molecule has 164 valence electrons. The summed E-state index contributed by atoms with van der Waals surface area (Å²) >= 11 is 0. The molecule has 0 aliphatic carbocycles. The van der Waals surface area contributed by atoms with Crippen LogP contribution in [-0.4, -0.2) is 32.1 Å². The van der Waals surface area contributed by atoms with Gasteiger partial charge in [-0.15, -0.1) is 0 Å². The van der Waals surface area contributed by atoms with Gasteiger partial charge in [0.15, 0.2) is 0 Å². The lowest BCUT2D eigenvalue weighted by atomic mass is 10.2. The van der Waals surface area contributed by atoms with Gasteiger partial charge in [0, 0.05) is 13.0 Å². The fraction of sp³-hybridized carbons (Fsp3) is 0.526. The van der Waals surface area contributed by atoms with Crippen molar-refractivity contribution in [3.8, 4) is 0 Å². The molecule has 1 aromatic rings. The number of hydrogen-bond donors (Lipinski definition) is 0. The van der Waals surface area contributed by atoms with E-state index in [1.54, 1.807) is 20.8 Å². The fourth-order valence-electron chi connectivity index (χ4n) is 2.06. The van der Waals surface area contributed by atoms with Crippen molar-refractivity contribution in [1.29, 1.82) is 0 Å². The second-order valence-corrected chi connectivity index (χ2v) is 8.66. The first-order valence-electron chi connectivity index (χ1n) is 8.86. The molecule has 0 radical (unpaired) electrons. The van der Waals surface area contributed by atoms with Crippen molar-refractivity contribution < 1.29 is 40.0 Å². The maximum Gasteiger partial charge on any atom is 0.534 e. The molecule has 1 rings (SSSR count). The molecule has 0 amide bonds. The van der Waals surface area contributed by atoms with Crippen molar-refractivity contribution in [2.24, 2.45) is 0 Å². The summed E-state index contributed by atoms with van der Waals surface area (Å²) in [5.41, 5.74) is -5.52. The van der Waals surface area contributed by atoms with E-state index in [1.165, 1.54) is 0 Å². The quantitative estimate of drug-likeness (QED) is 0.134. The Hall–Kier alpha value is -2.07. The number of esters is 1. The highest BCUT2D eigenvalue weighted by Gasteiger charge is 2.48. The van der Waals surface area contributed by atoms with Crippen LogP contribution >= 0.6 is 0 Å². The molecule has 6 nitrogen and oxygen atoms in total. The third-order valence-electron chi connectivity index (χ3n) is 3.26. The number of rotatable bonds is 10. The van der Waals surface area contributed by atoms with Crippen LogP contribution in [0.2, 0.25) is 0 Å². The van der Waals surface area contributed by atoms with Crippen LogP contribution in [0.25, 0.3) is 0 Å². The van der Waals surface area contributed by atoms with E-state index in [0.717, 1.165) is 5.56 Å². The largest absolute Gasteiger partial charge is 0.534 e. The molecule has 0 aliphatic heterocycles. The van der Waals surface area contributed by atoms with Gasteiger partial charge in [0.05, 0.1) is 12.7 Å². The zero-order valence-electron chi connectivity index (χ0n) is 16.5. The maximum absolute atomic E-state index is 12.6. The first-order chi connectivity index (χ1) is 13.3. The Kier molecular flexibility index (Phi) is 9.15. The highest BCUT2D eigenvalue weighted by atomic mass is 32.2. The molecule has 0 N–H and O–H groups in total. The van der Waals surface area contributed by atoms with Gasteiger partial charge in [0.2, 0.25) is 0 Å². The van der Waals surface area contributed by atoms with Crippen LogP contribution in [0.5, 0.6) is 0 Å². The first kappa shape index (κ1) is 25.0. The van der Waals surface area contributed by atoms with E-state index < -0.39 is 33.0 Å². The second-order valence-electron chi connectivity index (χ2n) is 7.12. The van der Waals surface area contributed by atoms with Gasteiger partial charge in [-0.3, -0.25) is 0 Å². The summed E-state index contributed by atoms with van der Waals surface area (Å²) in [5.74, 6) is -1.63. The van der Waals surface area contributed by atoms with Gasteiger partial charge in [-0.2, -0.15) is 21.6 Å². The summed E-state index contributed by atoms with van der Waals surface area (Å²) in [4.78, 5) is 11.8. The monoisotopic (exact) mass is 438 g/mol. The standard InChI is InChI=1S/C19H25F3O6S/c1-18(2,3)27-17(23)13-16(28-29(24,25)19(20,21)22)11-7-8-12-26-14-15-9-5-4-6-10-15/h4-6,9-10,13H,7-8,11-12,14H2,1-3H3/b16-13-. The van der Waals surface area contributed by atoms with Gasteiger partial charge >= 0.3 is 21.6 Å². The summed E-state index contributed by atoms with van der Waals surface area (Å²) in [5, 5.41) is 0. The Morgan fingerprint density at radius 3 is 2.24 bits per heavy atom. The molecule has 0 aliphatic rings. The van der Waals surface area contributed by atoms with Crippen molar-refractivity contribution in [3.05, 3.63) is 47.7 Å². The molecular formula is C19H25F3O6S. The minimum Gasteiger partial charge on any atom is -0.457 e. The van der Waals surface area contributed by atoms with Crippen LogP contribution < -0.4 is 0 Å². The van der Waals surface area contributed by atoms with E-state index in [1.807, 2.05) is 30.3 Å². The van der Waals surface area contributed by atoms with Crippen LogP contribution in [0, 0.1) is 0 Å². The molecule has 10 heteroatoms. The SMILES string of the molecule is CC(C)(C)OC(=O)/C=C(/CCCCOCc1ccccc1)OS(=O)(=O)C(F)(F)F. The minimum absolute atomic E-state index is 0.205. The Balaban J connectivity index is 2.63. The van der Waals surface area contributed by atoms with Crippen molar-refractivity contribution in [1.82, 2.24) is 0 Å². The molecule has 0 fully saturated rings. The molecule has 0 bridgehead atoms. The Morgan fingerprint density at radius 1 is 1.07 bits per heavy atom. The van der Waals surface area contributed by atoms with E-state index in [4.69, 9.17) is 9.47 Å². The topological polar surface area (TPSA) is 78.9 Å². The van der Waals surface area contributed by atoms with Crippen molar-refractivity contribution in [3.63, 3.8) is 0 Å². The summed E-state index contributed by atoms with van der Waals surface area (Å²) in [6.07, 6.45) is 1.09. The average molecular weight is 438 g/mol. The Morgan fingerprint density at radius 2 is 1.69 bits per heavy atom. The maximum atomic E-state index is 12.6. The van der Waals surface area contributed by atoms with Gasteiger partial charge in [-0.1, -0.05) is 30.3 Å². The van der Waals surface area contributed by atoms with Crippen LogP contribution in [0.3, 0.4) is 0 Å². The zero-order valence-corrected chi connectivity index (χ0v) is 17.3. The normalized spacial score (nSPS) is 13.2. The molecule has 0 saturated heterocycles. The third-order valence-corrected chi connectivity index (χ3v) is 4.26. The van der Waals surface area contributed by atoms with E-state index in [2.05, 4.69) is 4.18 Å². The zero-order chi connectivity index (χ0) is 22.1. The van der Waals surface area contributed by atoms with Gasteiger partial charge < -0.3 is 13.7 Å². The van der Waals surface area contributed by atoms with Crippen LogP contribution in [0.4, 0.5) is 13.2 Å². The van der Waals surface area contributed by atoms with E-state index in [9.17, 15) is 26.4 Å². The molecular weight excluding hydrogens is 413 g/mol. The van der Waals surface area contributed by atoms with Gasteiger partial charge in [-0.05, 0) is 39.2 Å². The number of unbranched alkanes of at least 4 members (excludes halogenated alkanes) is 1. The van der Waals surface area contributed by atoms with Gasteiger partial charge in [-0.25, -0.2) is 4.79 Å². The predicted octanol–water partition coefficient (Wildman–Crippen LogP) is 4.47. The number of alkyl halides is 3. The average Bonchev–Trinajstić information content (AvgIpc) is 2.55. The molecule has 0 spiro atoms. The molecule has 0 atom stereocenters. The van der Waals surface area contributed by atoms with Crippen molar-refractivity contribution in [2.75, 3.05) is 6.61 Å². The first-order valence-corrected chi connectivity index (χ1v) is 10.3. The number of carbonyl (C=O) groups is 1.